The molecule has 0 spiro atoms. The van der Waals surface area contributed by atoms with Crippen molar-refractivity contribution >= 4 is 11.6 Å². The van der Waals surface area contributed by atoms with Gasteiger partial charge in [0.2, 0.25) is 0 Å². The molecule has 19 heavy (non-hydrogen) atoms. The van der Waals surface area contributed by atoms with Crippen LogP contribution in [0.25, 0.3) is 0 Å². The van der Waals surface area contributed by atoms with Crippen molar-refractivity contribution in [2.75, 3.05) is 18.8 Å². The molecule has 104 valence electrons. The first-order valence-corrected chi connectivity index (χ1v) is 6.96. The predicted molar refractivity (Wildman–Crippen MR) is 79.2 cm³/mol. The molecule has 1 aromatic carbocycles. The highest BCUT2D eigenvalue weighted by molar-refractivity contribution is 5.96. The SMILES string of the molecule is Cc1cc(C)c(C(=O)N2CCC(C)(C)CC2)cc1N. The monoisotopic (exact) mass is 260 g/mol. The van der Waals surface area contributed by atoms with E-state index in [1.54, 1.807) is 0 Å². The number of carbonyl (C=O) groups is 1. The number of likely N-dealkylation sites (tertiary alicyclic amines) is 1. The van der Waals surface area contributed by atoms with Gasteiger partial charge in [0, 0.05) is 24.3 Å². The third kappa shape index (κ3) is 2.91. The van der Waals surface area contributed by atoms with Gasteiger partial charge in [-0.05, 0) is 49.3 Å². The number of hydrogen-bond acceptors (Lipinski definition) is 2. The highest BCUT2D eigenvalue weighted by Gasteiger charge is 2.28. The molecule has 1 saturated heterocycles. The number of nitrogens with zero attached hydrogens (tertiary/aromatic N) is 1. The van der Waals surface area contributed by atoms with Crippen molar-refractivity contribution in [2.24, 2.45) is 5.41 Å². The van der Waals surface area contributed by atoms with Crippen molar-refractivity contribution in [1.29, 1.82) is 0 Å². The van der Waals surface area contributed by atoms with Crippen LogP contribution in [0.4, 0.5) is 5.69 Å². The summed E-state index contributed by atoms with van der Waals surface area (Å²) in [5.74, 6) is 0.125. The lowest BCUT2D eigenvalue weighted by atomic mass is 9.82. The van der Waals surface area contributed by atoms with E-state index < -0.39 is 0 Å². The molecule has 0 aliphatic carbocycles. The molecule has 2 rings (SSSR count). The van der Waals surface area contributed by atoms with Gasteiger partial charge in [-0.25, -0.2) is 0 Å². The number of nitrogen functional groups attached to an aromatic ring is 1. The lowest BCUT2D eigenvalue weighted by molar-refractivity contribution is 0.0629. The first kappa shape index (κ1) is 13.9. The van der Waals surface area contributed by atoms with Crippen LogP contribution in [0.1, 0.15) is 48.2 Å². The average Bonchev–Trinajstić information content (AvgIpc) is 2.33. The van der Waals surface area contributed by atoms with E-state index in [1.807, 2.05) is 30.9 Å². The summed E-state index contributed by atoms with van der Waals surface area (Å²) < 4.78 is 0. The van der Waals surface area contributed by atoms with Crippen molar-refractivity contribution in [3.05, 3.63) is 28.8 Å². The summed E-state index contributed by atoms with van der Waals surface area (Å²) in [5.41, 5.74) is 9.79. The van der Waals surface area contributed by atoms with Gasteiger partial charge in [0.15, 0.2) is 0 Å². The fraction of sp³-hybridized carbons (Fsp3) is 0.562. The third-order valence-corrected chi connectivity index (χ3v) is 4.25. The highest BCUT2D eigenvalue weighted by atomic mass is 16.2. The number of anilines is 1. The number of piperidine rings is 1. The normalized spacial score (nSPS) is 18.4. The van der Waals surface area contributed by atoms with Crippen LogP contribution < -0.4 is 5.73 Å². The molecule has 0 bridgehead atoms. The summed E-state index contributed by atoms with van der Waals surface area (Å²) in [6.07, 6.45) is 2.14. The van der Waals surface area contributed by atoms with E-state index in [4.69, 9.17) is 5.73 Å². The summed E-state index contributed by atoms with van der Waals surface area (Å²) in [6, 6.07) is 3.82. The topological polar surface area (TPSA) is 46.3 Å². The molecule has 1 heterocycles. The van der Waals surface area contributed by atoms with Gasteiger partial charge < -0.3 is 10.6 Å². The van der Waals surface area contributed by atoms with E-state index >= 15 is 0 Å². The first-order valence-electron chi connectivity index (χ1n) is 6.96. The first-order chi connectivity index (χ1) is 8.80. The van der Waals surface area contributed by atoms with Crippen molar-refractivity contribution in [2.45, 2.75) is 40.5 Å². The van der Waals surface area contributed by atoms with Gasteiger partial charge in [-0.1, -0.05) is 19.9 Å². The lowest BCUT2D eigenvalue weighted by Gasteiger charge is -2.37. The van der Waals surface area contributed by atoms with Crippen LogP contribution in [0.15, 0.2) is 12.1 Å². The number of hydrogen-bond donors (Lipinski definition) is 1. The summed E-state index contributed by atoms with van der Waals surface area (Å²) in [6.45, 7) is 10.2. The fourth-order valence-electron chi connectivity index (χ4n) is 2.58. The van der Waals surface area contributed by atoms with E-state index in [0.717, 1.165) is 42.6 Å². The minimum Gasteiger partial charge on any atom is -0.398 e. The van der Waals surface area contributed by atoms with Gasteiger partial charge in [0.05, 0.1) is 0 Å². The van der Waals surface area contributed by atoms with Crippen LogP contribution in [0.5, 0.6) is 0 Å². The highest BCUT2D eigenvalue weighted by Crippen LogP contribution is 2.31. The Labute approximate surface area is 115 Å². The Hall–Kier alpha value is -1.51. The second-order valence-corrected chi connectivity index (χ2v) is 6.48. The maximum Gasteiger partial charge on any atom is 0.254 e. The number of aryl methyl sites for hydroxylation is 2. The molecule has 0 saturated carbocycles. The lowest BCUT2D eigenvalue weighted by Crippen LogP contribution is -2.41. The molecular weight excluding hydrogens is 236 g/mol. The Morgan fingerprint density at radius 3 is 2.32 bits per heavy atom. The smallest absolute Gasteiger partial charge is 0.254 e. The van der Waals surface area contributed by atoms with Crippen LogP contribution >= 0.6 is 0 Å². The van der Waals surface area contributed by atoms with Gasteiger partial charge in [-0.15, -0.1) is 0 Å². The van der Waals surface area contributed by atoms with Crippen LogP contribution in [0.2, 0.25) is 0 Å². The van der Waals surface area contributed by atoms with Gasteiger partial charge in [0.1, 0.15) is 0 Å². The molecule has 1 aliphatic rings. The zero-order valence-corrected chi connectivity index (χ0v) is 12.4. The van der Waals surface area contributed by atoms with Gasteiger partial charge >= 0.3 is 0 Å². The summed E-state index contributed by atoms with van der Waals surface area (Å²) in [7, 11) is 0. The third-order valence-electron chi connectivity index (χ3n) is 4.25. The molecule has 3 nitrogen and oxygen atoms in total. The summed E-state index contributed by atoms with van der Waals surface area (Å²) in [5, 5.41) is 0. The Bertz CT molecular complexity index is 496. The number of nitrogens with two attached hydrogens (primary N) is 1. The maximum atomic E-state index is 12.6. The molecule has 0 atom stereocenters. The van der Waals surface area contributed by atoms with E-state index in [1.165, 1.54) is 0 Å². The van der Waals surface area contributed by atoms with E-state index in [2.05, 4.69) is 13.8 Å². The number of amides is 1. The second kappa shape index (κ2) is 4.87. The zero-order valence-electron chi connectivity index (χ0n) is 12.4. The molecular formula is C16H24N2O. The maximum absolute atomic E-state index is 12.6. The number of carbonyl (C=O) groups excluding carboxylic acids is 1. The van der Waals surface area contributed by atoms with E-state index in [0.29, 0.717) is 11.1 Å². The Balaban J connectivity index is 2.19. The van der Waals surface area contributed by atoms with Crippen LogP contribution in [-0.4, -0.2) is 23.9 Å². The van der Waals surface area contributed by atoms with Crippen LogP contribution in [0, 0.1) is 19.3 Å². The van der Waals surface area contributed by atoms with Crippen LogP contribution in [-0.2, 0) is 0 Å². The van der Waals surface area contributed by atoms with Crippen molar-refractivity contribution < 1.29 is 4.79 Å². The largest absolute Gasteiger partial charge is 0.398 e. The predicted octanol–water partition coefficient (Wildman–Crippen LogP) is 3.15. The fourth-order valence-corrected chi connectivity index (χ4v) is 2.58. The Morgan fingerprint density at radius 2 is 1.74 bits per heavy atom. The van der Waals surface area contributed by atoms with Crippen LogP contribution in [0.3, 0.4) is 0 Å². The number of rotatable bonds is 1. The molecule has 3 heteroatoms. The average molecular weight is 260 g/mol. The van der Waals surface area contributed by atoms with Crippen molar-refractivity contribution in [1.82, 2.24) is 4.90 Å². The Kier molecular flexibility index (Phi) is 3.57. The molecule has 1 amide bonds. The molecule has 0 radical (unpaired) electrons. The van der Waals surface area contributed by atoms with E-state index in [9.17, 15) is 4.79 Å². The number of benzene rings is 1. The van der Waals surface area contributed by atoms with E-state index in [-0.39, 0.29) is 5.91 Å². The molecule has 2 N–H and O–H groups in total. The van der Waals surface area contributed by atoms with Crippen molar-refractivity contribution in [3.8, 4) is 0 Å². The van der Waals surface area contributed by atoms with Gasteiger partial charge in [-0.2, -0.15) is 0 Å². The molecule has 1 aliphatic heterocycles. The summed E-state index contributed by atoms with van der Waals surface area (Å²) in [4.78, 5) is 14.5. The minimum absolute atomic E-state index is 0.125. The molecule has 0 aromatic heterocycles. The van der Waals surface area contributed by atoms with Crippen molar-refractivity contribution in [3.63, 3.8) is 0 Å². The standard InChI is InChI=1S/C16H24N2O/c1-11-9-12(2)14(17)10-13(11)15(19)18-7-5-16(3,4)6-8-18/h9-10H,5-8,17H2,1-4H3. The molecule has 1 aromatic rings. The zero-order chi connectivity index (χ0) is 14.2. The van der Waals surface area contributed by atoms with Gasteiger partial charge in [-0.3, -0.25) is 4.79 Å². The van der Waals surface area contributed by atoms with Gasteiger partial charge in [0.25, 0.3) is 5.91 Å². The molecule has 1 fully saturated rings. The molecule has 0 unspecified atom stereocenters. The Morgan fingerprint density at radius 1 is 1.16 bits per heavy atom. The second-order valence-electron chi connectivity index (χ2n) is 6.48. The quantitative estimate of drug-likeness (QED) is 0.788. The minimum atomic E-state index is 0.125. The summed E-state index contributed by atoms with van der Waals surface area (Å²) >= 11 is 0.